The molecule has 6 heteroatoms. The zero-order valence-corrected chi connectivity index (χ0v) is 16.1. The Morgan fingerprint density at radius 1 is 0.960 bits per heavy atom. The second kappa shape index (κ2) is 9.03. The van der Waals surface area contributed by atoms with E-state index in [1.54, 1.807) is 0 Å². The van der Waals surface area contributed by atoms with Crippen LogP contribution in [0.5, 0.6) is 0 Å². The number of hydrogen-bond donors (Lipinski definition) is 2. The lowest BCUT2D eigenvalue weighted by molar-refractivity contribution is 0.106. The summed E-state index contributed by atoms with van der Waals surface area (Å²) in [4.78, 5) is 4.87. The van der Waals surface area contributed by atoms with Crippen LogP contribution < -0.4 is 0 Å². The molecular weight excluding hydrogens is 359 g/mol. The lowest BCUT2D eigenvalue weighted by atomic mass is 9.93. The highest BCUT2D eigenvalue weighted by Crippen LogP contribution is 2.29. The number of halogens is 2. The number of piperidine rings is 1. The average molecular weight is 387 g/mol. The van der Waals surface area contributed by atoms with E-state index in [9.17, 15) is 10.2 Å². The molecule has 1 aromatic carbocycles. The fourth-order valence-electron chi connectivity index (χ4n) is 4.17. The topological polar surface area (TPSA) is 46.9 Å². The van der Waals surface area contributed by atoms with Gasteiger partial charge in [0.2, 0.25) is 0 Å². The van der Waals surface area contributed by atoms with Crippen molar-refractivity contribution in [1.82, 2.24) is 9.80 Å². The van der Waals surface area contributed by atoms with E-state index < -0.39 is 0 Å². The lowest BCUT2D eigenvalue weighted by Gasteiger charge is -2.33. The zero-order chi connectivity index (χ0) is 17.8. The highest BCUT2D eigenvalue weighted by Gasteiger charge is 2.34. The Morgan fingerprint density at radius 3 is 2.36 bits per heavy atom. The minimum Gasteiger partial charge on any atom is -0.396 e. The van der Waals surface area contributed by atoms with E-state index >= 15 is 0 Å². The number of aliphatic hydroxyl groups excluding tert-OH is 2. The molecule has 2 heterocycles. The molecule has 0 amide bonds. The third kappa shape index (κ3) is 5.09. The highest BCUT2D eigenvalue weighted by molar-refractivity contribution is 6.33. The van der Waals surface area contributed by atoms with Gasteiger partial charge in [-0.3, -0.25) is 4.90 Å². The fraction of sp³-hybridized carbons (Fsp3) is 0.684. The Labute approximate surface area is 160 Å². The van der Waals surface area contributed by atoms with Crippen LogP contribution in [0.4, 0.5) is 0 Å². The summed E-state index contributed by atoms with van der Waals surface area (Å²) >= 11 is 12.4. The molecule has 0 aliphatic carbocycles. The smallest absolute Gasteiger partial charge is 0.0475 e. The summed E-state index contributed by atoms with van der Waals surface area (Å²) in [5, 5.41) is 20.5. The van der Waals surface area contributed by atoms with Crippen molar-refractivity contribution in [1.29, 1.82) is 0 Å². The van der Waals surface area contributed by atoms with Crippen molar-refractivity contribution in [3.05, 3.63) is 33.8 Å². The standard InChI is InChI=1S/C19H28Cl2N2O2/c20-18-1-2-19(21)15(7-18)8-23-10-16(17(11-23)13-25)9-22-5-3-14(12-24)4-6-22/h1-2,7,14,16-17,24-25H,3-6,8-13H2/t16-,17-/m1/s1. The molecule has 2 atom stereocenters. The van der Waals surface area contributed by atoms with Crippen molar-refractivity contribution in [2.24, 2.45) is 17.8 Å². The average Bonchev–Trinajstić information content (AvgIpc) is 3.00. The van der Waals surface area contributed by atoms with Gasteiger partial charge in [-0.1, -0.05) is 23.2 Å². The summed E-state index contributed by atoms with van der Waals surface area (Å²) in [6.45, 7) is 6.34. The summed E-state index contributed by atoms with van der Waals surface area (Å²) in [7, 11) is 0. The van der Waals surface area contributed by atoms with Gasteiger partial charge in [-0.25, -0.2) is 0 Å². The Hall–Kier alpha value is -0.360. The molecule has 0 aromatic heterocycles. The first-order valence-corrected chi connectivity index (χ1v) is 9.95. The van der Waals surface area contributed by atoms with Crippen LogP contribution in [-0.4, -0.2) is 66.0 Å². The van der Waals surface area contributed by atoms with E-state index in [0.29, 0.717) is 29.4 Å². The van der Waals surface area contributed by atoms with Gasteiger partial charge >= 0.3 is 0 Å². The van der Waals surface area contributed by atoms with Crippen molar-refractivity contribution in [2.75, 3.05) is 45.9 Å². The van der Waals surface area contributed by atoms with Crippen LogP contribution in [0.2, 0.25) is 10.0 Å². The maximum Gasteiger partial charge on any atom is 0.0475 e. The maximum absolute atomic E-state index is 9.80. The van der Waals surface area contributed by atoms with Gasteiger partial charge in [0.1, 0.15) is 0 Å². The highest BCUT2D eigenvalue weighted by atomic mass is 35.5. The minimum atomic E-state index is 0.234. The first-order valence-electron chi connectivity index (χ1n) is 9.19. The van der Waals surface area contributed by atoms with Gasteiger partial charge in [-0.15, -0.1) is 0 Å². The van der Waals surface area contributed by atoms with Gasteiger partial charge in [-0.05, 0) is 67.4 Å². The molecule has 4 nitrogen and oxygen atoms in total. The largest absolute Gasteiger partial charge is 0.396 e. The molecule has 0 unspecified atom stereocenters. The molecule has 2 fully saturated rings. The number of likely N-dealkylation sites (tertiary alicyclic amines) is 2. The molecular formula is C19H28Cl2N2O2. The molecule has 3 rings (SSSR count). The van der Waals surface area contributed by atoms with E-state index in [4.69, 9.17) is 23.2 Å². The van der Waals surface area contributed by atoms with Crippen molar-refractivity contribution >= 4 is 23.2 Å². The molecule has 2 aliphatic rings. The summed E-state index contributed by atoms with van der Waals surface area (Å²) in [5.74, 6) is 1.26. The molecule has 0 saturated carbocycles. The summed E-state index contributed by atoms with van der Waals surface area (Å²) in [6.07, 6.45) is 2.16. The van der Waals surface area contributed by atoms with Gasteiger partial charge in [0.15, 0.2) is 0 Å². The SMILES string of the molecule is OCC1CCN(C[C@@H]2CN(Cc3cc(Cl)ccc3Cl)C[C@@H]2CO)CC1. The van der Waals surface area contributed by atoms with Gasteiger partial charge in [0, 0.05) is 49.4 Å². The maximum atomic E-state index is 9.80. The van der Waals surface area contributed by atoms with Gasteiger partial charge in [0.05, 0.1) is 0 Å². The molecule has 2 N–H and O–H groups in total. The van der Waals surface area contributed by atoms with E-state index in [0.717, 1.165) is 62.7 Å². The Balaban J connectivity index is 1.56. The number of nitrogens with zero attached hydrogens (tertiary/aromatic N) is 2. The fourth-order valence-corrected chi connectivity index (χ4v) is 4.54. The van der Waals surface area contributed by atoms with E-state index in [-0.39, 0.29) is 6.61 Å². The van der Waals surface area contributed by atoms with Gasteiger partial charge < -0.3 is 15.1 Å². The van der Waals surface area contributed by atoms with Crippen LogP contribution in [0.25, 0.3) is 0 Å². The third-order valence-electron chi connectivity index (χ3n) is 5.75. The lowest BCUT2D eigenvalue weighted by Crippen LogP contribution is -2.40. The van der Waals surface area contributed by atoms with Gasteiger partial charge in [-0.2, -0.15) is 0 Å². The van der Waals surface area contributed by atoms with Crippen LogP contribution in [0.3, 0.4) is 0 Å². The molecule has 2 saturated heterocycles. The first kappa shape index (κ1) is 19.4. The Kier molecular flexibility index (Phi) is 7.01. The third-order valence-corrected chi connectivity index (χ3v) is 6.35. The van der Waals surface area contributed by atoms with Crippen molar-refractivity contribution in [3.8, 4) is 0 Å². The van der Waals surface area contributed by atoms with E-state index in [1.807, 2.05) is 18.2 Å². The van der Waals surface area contributed by atoms with Crippen LogP contribution >= 0.6 is 23.2 Å². The van der Waals surface area contributed by atoms with Crippen LogP contribution in [0.1, 0.15) is 18.4 Å². The normalized spacial score (nSPS) is 26.4. The molecule has 1 aromatic rings. The summed E-state index contributed by atoms with van der Waals surface area (Å²) < 4.78 is 0. The molecule has 0 spiro atoms. The number of aliphatic hydroxyl groups is 2. The number of hydrogen-bond acceptors (Lipinski definition) is 4. The predicted octanol–water partition coefficient (Wildman–Crippen LogP) is 2.74. The minimum absolute atomic E-state index is 0.234. The molecule has 140 valence electrons. The van der Waals surface area contributed by atoms with Crippen molar-refractivity contribution in [2.45, 2.75) is 19.4 Å². The monoisotopic (exact) mass is 386 g/mol. The molecule has 2 aliphatic heterocycles. The number of benzene rings is 1. The second-order valence-corrected chi connectivity index (χ2v) is 8.40. The zero-order valence-electron chi connectivity index (χ0n) is 14.6. The quantitative estimate of drug-likeness (QED) is 0.788. The Morgan fingerprint density at radius 2 is 1.68 bits per heavy atom. The molecule has 0 bridgehead atoms. The number of rotatable bonds is 6. The predicted molar refractivity (Wildman–Crippen MR) is 102 cm³/mol. The van der Waals surface area contributed by atoms with Crippen LogP contribution in [-0.2, 0) is 6.54 Å². The molecule has 0 radical (unpaired) electrons. The first-order chi connectivity index (χ1) is 12.1. The van der Waals surface area contributed by atoms with Crippen molar-refractivity contribution < 1.29 is 10.2 Å². The molecule has 25 heavy (non-hydrogen) atoms. The summed E-state index contributed by atoms with van der Waals surface area (Å²) in [5.41, 5.74) is 1.05. The van der Waals surface area contributed by atoms with Crippen LogP contribution in [0.15, 0.2) is 18.2 Å². The van der Waals surface area contributed by atoms with E-state index in [2.05, 4.69) is 9.80 Å². The Bertz CT molecular complexity index is 564. The van der Waals surface area contributed by atoms with Gasteiger partial charge in [0.25, 0.3) is 0 Å². The second-order valence-electron chi connectivity index (χ2n) is 7.56. The van der Waals surface area contributed by atoms with E-state index in [1.165, 1.54) is 0 Å². The van der Waals surface area contributed by atoms with Crippen LogP contribution in [0, 0.1) is 17.8 Å². The summed E-state index contributed by atoms with van der Waals surface area (Å²) in [6, 6.07) is 5.60. The van der Waals surface area contributed by atoms with Crippen molar-refractivity contribution in [3.63, 3.8) is 0 Å².